The van der Waals surface area contributed by atoms with E-state index in [0.29, 0.717) is 22.3 Å². The summed E-state index contributed by atoms with van der Waals surface area (Å²) >= 11 is 5.76. The van der Waals surface area contributed by atoms with Crippen LogP contribution in [-0.2, 0) is 9.53 Å². The van der Waals surface area contributed by atoms with Gasteiger partial charge in [0.05, 0.1) is 5.02 Å². The van der Waals surface area contributed by atoms with Crippen LogP contribution >= 0.6 is 11.6 Å². The molecule has 142 valence electrons. The molecule has 7 heteroatoms. The monoisotopic (exact) mass is 396 g/mol. The van der Waals surface area contributed by atoms with Crippen molar-refractivity contribution in [3.8, 4) is 11.5 Å². The molecular formula is C21H17ClN2O4. The maximum absolute atomic E-state index is 12.6. The number of rotatable bonds is 6. The highest BCUT2D eigenvalue weighted by Gasteiger charge is 2.22. The number of carbonyl (C=O) groups is 2. The highest BCUT2D eigenvalue weighted by atomic mass is 35.5. The predicted octanol–water partition coefficient (Wildman–Crippen LogP) is 4.71. The Labute approximate surface area is 167 Å². The summed E-state index contributed by atoms with van der Waals surface area (Å²) in [5.74, 6) is 0.0565. The Hall–Kier alpha value is -3.38. The lowest BCUT2D eigenvalue weighted by atomic mass is 10.2. The molecule has 2 aromatic carbocycles. The Morgan fingerprint density at radius 3 is 2.43 bits per heavy atom. The molecule has 1 N–H and O–H groups in total. The Morgan fingerprint density at radius 2 is 1.71 bits per heavy atom. The van der Waals surface area contributed by atoms with Crippen molar-refractivity contribution in [2.24, 2.45) is 0 Å². The molecule has 6 nitrogen and oxygen atoms in total. The quantitative estimate of drug-likeness (QED) is 0.610. The molecule has 0 aliphatic rings. The first-order chi connectivity index (χ1) is 13.5. The third-order valence-electron chi connectivity index (χ3n) is 3.71. The summed E-state index contributed by atoms with van der Waals surface area (Å²) in [6.07, 6.45) is 0.375. The molecule has 1 heterocycles. The van der Waals surface area contributed by atoms with Gasteiger partial charge < -0.3 is 14.8 Å². The summed E-state index contributed by atoms with van der Waals surface area (Å²) in [4.78, 5) is 28.8. The molecular weight excluding hydrogens is 380 g/mol. The van der Waals surface area contributed by atoms with Crippen LogP contribution in [0.3, 0.4) is 0 Å². The van der Waals surface area contributed by atoms with Gasteiger partial charge in [-0.15, -0.1) is 0 Å². The minimum absolute atomic E-state index is 0.218. The van der Waals surface area contributed by atoms with Gasteiger partial charge in [0.15, 0.2) is 6.10 Å². The molecule has 0 unspecified atom stereocenters. The van der Waals surface area contributed by atoms with Crippen molar-refractivity contribution in [2.75, 3.05) is 5.32 Å². The molecule has 0 radical (unpaired) electrons. The number of nitrogens with one attached hydrogen (secondary N) is 1. The summed E-state index contributed by atoms with van der Waals surface area (Å²) in [5, 5.41) is 3.01. The third-order valence-corrected chi connectivity index (χ3v) is 3.93. The zero-order valence-corrected chi connectivity index (χ0v) is 15.7. The van der Waals surface area contributed by atoms with Gasteiger partial charge in [-0.2, -0.15) is 0 Å². The number of hydrogen-bond donors (Lipinski definition) is 1. The number of carbonyl (C=O) groups excluding carboxylic acids is 2. The first-order valence-corrected chi connectivity index (χ1v) is 8.86. The van der Waals surface area contributed by atoms with E-state index < -0.39 is 18.0 Å². The number of amides is 1. The lowest BCUT2D eigenvalue weighted by Crippen LogP contribution is -2.30. The first kappa shape index (κ1) is 19.4. The van der Waals surface area contributed by atoms with Crippen LogP contribution in [0.5, 0.6) is 11.5 Å². The van der Waals surface area contributed by atoms with Gasteiger partial charge in [0.1, 0.15) is 22.9 Å². The molecule has 0 saturated heterocycles. The molecule has 0 aliphatic carbocycles. The maximum atomic E-state index is 12.6. The van der Waals surface area contributed by atoms with Crippen LogP contribution in [0.25, 0.3) is 0 Å². The van der Waals surface area contributed by atoms with E-state index in [9.17, 15) is 9.59 Å². The molecule has 0 bridgehead atoms. The molecule has 1 atom stereocenters. The Kier molecular flexibility index (Phi) is 6.24. The molecule has 0 spiro atoms. The van der Waals surface area contributed by atoms with Crippen molar-refractivity contribution in [1.29, 1.82) is 0 Å². The van der Waals surface area contributed by atoms with Gasteiger partial charge in [-0.05, 0) is 43.3 Å². The molecule has 0 aliphatic heterocycles. The van der Waals surface area contributed by atoms with Crippen molar-refractivity contribution in [1.82, 2.24) is 4.98 Å². The van der Waals surface area contributed by atoms with Crippen molar-refractivity contribution in [3.05, 3.63) is 83.5 Å². The average molecular weight is 397 g/mol. The van der Waals surface area contributed by atoms with Gasteiger partial charge in [-0.1, -0.05) is 41.9 Å². The summed E-state index contributed by atoms with van der Waals surface area (Å²) in [7, 11) is 0. The number of aromatic nitrogens is 1. The van der Waals surface area contributed by atoms with Gasteiger partial charge in [-0.25, -0.2) is 9.78 Å². The first-order valence-electron chi connectivity index (χ1n) is 8.48. The fraction of sp³-hybridized carbons (Fsp3) is 0.0952. The molecule has 28 heavy (non-hydrogen) atoms. The number of para-hydroxylation sites is 2. The SMILES string of the molecule is C[C@@H](OC(=O)c1ccccc1Oc1ccccc1)C(=O)Nc1ccc(Cl)cn1. The van der Waals surface area contributed by atoms with E-state index in [1.165, 1.54) is 13.1 Å². The van der Waals surface area contributed by atoms with Crippen LogP contribution in [0.1, 0.15) is 17.3 Å². The van der Waals surface area contributed by atoms with Gasteiger partial charge >= 0.3 is 5.97 Å². The van der Waals surface area contributed by atoms with Crippen LogP contribution in [0.2, 0.25) is 5.02 Å². The van der Waals surface area contributed by atoms with E-state index in [-0.39, 0.29) is 5.56 Å². The third kappa shape index (κ3) is 5.08. The molecule has 3 aromatic rings. The highest BCUT2D eigenvalue weighted by molar-refractivity contribution is 6.30. The van der Waals surface area contributed by atoms with Gasteiger partial charge in [0.2, 0.25) is 0 Å². The number of nitrogens with zero attached hydrogens (tertiary/aromatic N) is 1. The summed E-state index contributed by atoms with van der Waals surface area (Å²) in [6.45, 7) is 1.48. The summed E-state index contributed by atoms with van der Waals surface area (Å²) in [6, 6.07) is 18.9. The van der Waals surface area contributed by atoms with Crippen molar-refractivity contribution >= 4 is 29.3 Å². The van der Waals surface area contributed by atoms with Gasteiger partial charge in [0, 0.05) is 6.20 Å². The molecule has 3 rings (SSSR count). The Morgan fingerprint density at radius 1 is 1.00 bits per heavy atom. The molecule has 0 fully saturated rings. The topological polar surface area (TPSA) is 77.5 Å². The van der Waals surface area contributed by atoms with E-state index in [1.54, 1.807) is 48.5 Å². The summed E-state index contributed by atoms with van der Waals surface area (Å²) < 4.78 is 11.0. The number of esters is 1. The van der Waals surface area contributed by atoms with Gasteiger partial charge in [0.25, 0.3) is 5.91 Å². The fourth-order valence-electron chi connectivity index (χ4n) is 2.29. The molecule has 1 amide bonds. The van der Waals surface area contributed by atoms with Gasteiger partial charge in [-0.3, -0.25) is 4.79 Å². The molecule has 1 aromatic heterocycles. The number of anilines is 1. The van der Waals surface area contributed by atoms with E-state index in [1.807, 2.05) is 18.2 Å². The van der Waals surface area contributed by atoms with Crippen LogP contribution in [0.4, 0.5) is 5.82 Å². The zero-order valence-electron chi connectivity index (χ0n) is 15.0. The Bertz CT molecular complexity index is 962. The average Bonchev–Trinajstić information content (AvgIpc) is 2.70. The van der Waals surface area contributed by atoms with Crippen molar-refractivity contribution in [3.63, 3.8) is 0 Å². The number of benzene rings is 2. The van der Waals surface area contributed by atoms with Crippen LogP contribution in [0, 0.1) is 0 Å². The standard InChI is InChI=1S/C21H17ClN2O4/c1-14(20(25)24-19-12-11-15(22)13-23-19)27-21(26)17-9-5-6-10-18(17)28-16-7-3-2-4-8-16/h2-14H,1H3,(H,23,24,25)/t14-/m1/s1. The minimum Gasteiger partial charge on any atom is -0.456 e. The smallest absolute Gasteiger partial charge is 0.342 e. The molecule has 0 saturated carbocycles. The lowest BCUT2D eigenvalue weighted by molar-refractivity contribution is -0.123. The largest absolute Gasteiger partial charge is 0.456 e. The second-order valence-electron chi connectivity index (χ2n) is 5.81. The maximum Gasteiger partial charge on any atom is 0.342 e. The van der Waals surface area contributed by atoms with E-state index in [4.69, 9.17) is 21.1 Å². The van der Waals surface area contributed by atoms with Crippen molar-refractivity contribution < 1.29 is 19.1 Å². The zero-order chi connectivity index (χ0) is 19.9. The number of pyridine rings is 1. The van der Waals surface area contributed by atoms with E-state index in [2.05, 4.69) is 10.3 Å². The Balaban J connectivity index is 1.67. The normalized spacial score (nSPS) is 11.4. The fourth-order valence-corrected chi connectivity index (χ4v) is 2.41. The van der Waals surface area contributed by atoms with E-state index in [0.717, 1.165) is 0 Å². The second kappa shape index (κ2) is 9.01. The summed E-state index contributed by atoms with van der Waals surface area (Å²) in [5.41, 5.74) is 0.218. The number of hydrogen-bond acceptors (Lipinski definition) is 5. The predicted molar refractivity (Wildman–Crippen MR) is 106 cm³/mol. The number of halogens is 1. The van der Waals surface area contributed by atoms with Crippen LogP contribution in [-0.4, -0.2) is 23.0 Å². The lowest BCUT2D eigenvalue weighted by Gasteiger charge is -2.15. The van der Waals surface area contributed by atoms with Crippen LogP contribution < -0.4 is 10.1 Å². The highest BCUT2D eigenvalue weighted by Crippen LogP contribution is 2.26. The van der Waals surface area contributed by atoms with Crippen molar-refractivity contribution in [2.45, 2.75) is 13.0 Å². The minimum atomic E-state index is -1.03. The second-order valence-corrected chi connectivity index (χ2v) is 6.25. The van der Waals surface area contributed by atoms with Crippen LogP contribution in [0.15, 0.2) is 72.9 Å². The van der Waals surface area contributed by atoms with E-state index >= 15 is 0 Å². The number of ether oxygens (including phenoxy) is 2.